The van der Waals surface area contributed by atoms with Crippen molar-refractivity contribution in [3.63, 3.8) is 0 Å². The molecule has 1 unspecified atom stereocenters. The molecule has 3 rings (SSSR count). The molecule has 0 radical (unpaired) electrons. The Balaban J connectivity index is 1.76. The van der Waals surface area contributed by atoms with Crippen LogP contribution in [0.5, 0.6) is 0 Å². The third kappa shape index (κ3) is 2.82. The topological polar surface area (TPSA) is 24.9 Å². The molecule has 1 heterocycles. The number of nitrogens with zero attached hydrogens (tertiary/aromatic N) is 1. The minimum Gasteiger partial charge on any atom is -0.310 e. The molecule has 1 saturated carbocycles. The second kappa shape index (κ2) is 6.11. The predicted molar refractivity (Wildman–Crippen MR) is 85.0 cm³/mol. The van der Waals surface area contributed by atoms with Crippen LogP contribution in [0, 0.1) is 5.92 Å². The average Bonchev–Trinajstić information content (AvgIpc) is 3.01. The molecule has 1 N–H and O–H groups in total. The second-order valence-corrected chi connectivity index (χ2v) is 6.23. The first-order valence-electron chi connectivity index (χ1n) is 7.51. The van der Waals surface area contributed by atoms with Gasteiger partial charge in [0.05, 0.1) is 5.52 Å². The average molecular weight is 289 g/mol. The van der Waals surface area contributed by atoms with Crippen molar-refractivity contribution in [2.24, 2.45) is 5.92 Å². The Morgan fingerprint density at radius 3 is 2.90 bits per heavy atom. The maximum atomic E-state index is 6.23. The highest BCUT2D eigenvalue weighted by molar-refractivity contribution is 6.35. The van der Waals surface area contributed by atoms with Gasteiger partial charge in [-0.05, 0) is 49.4 Å². The molecular weight excluding hydrogens is 268 g/mol. The number of pyridine rings is 1. The molecule has 1 aliphatic carbocycles. The number of benzene rings is 1. The van der Waals surface area contributed by atoms with E-state index in [1.807, 2.05) is 24.4 Å². The van der Waals surface area contributed by atoms with Gasteiger partial charge in [-0.1, -0.05) is 30.5 Å². The number of rotatable bonds is 4. The first-order valence-corrected chi connectivity index (χ1v) is 7.89. The summed E-state index contributed by atoms with van der Waals surface area (Å²) in [6.45, 7) is 3.17. The summed E-state index contributed by atoms with van der Waals surface area (Å²) >= 11 is 6.23. The molecule has 3 heteroatoms. The van der Waals surface area contributed by atoms with Gasteiger partial charge in [0, 0.05) is 29.2 Å². The number of halogens is 1. The molecule has 0 aliphatic heterocycles. The summed E-state index contributed by atoms with van der Waals surface area (Å²) in [5.41, 5.74) is 2.25. The zero-order chi connectivity index (χ0) is 13.9. The maximum absolute atomic E-state index is 6.23. The lowest BCUT2D eigenvalue weighted by Gasteiger charge is -2.20. The summed E-state index contributed by atoms with van der Waals surface area (Å²) in [6.07, 6.45) is 7.36. The fraction of sp³-hybridized carbons (Fsp3) is 0.471. The Kier molecular flexibility index (Phi) is 4.23. The lowest BCUT2D eigenvalue weighted by molar-refractivity contribution is 0.381. The largest absolute Gasteiger partial charge is 0.310 e. The predicted octanol–water partition coefficient (Wildman–Crippen LogP) is 4.56. The quantitative estimate of drug-likeness (QED) is 0.892. The molecule has 0 saturated heterocycles. The summed E-state index contributed by atoms with van der Waals surface area (Å²) in [5.74, 6) is 0.835. The Morgan fingerprint density at radius 1 is 1.30 bits per heavy atom. The normalized spacial score (nSPS) is 17.7. The van der Waals surface area contributed by atoms with Gasteiger partial charge in [0.15, 0.2) is 0 Å². The van der Waals surface area contributed by atoms with Gasteiger partial charge in [-0.2, -0.15) is 0 Å². The van der Waals surface area contributed by atoms with Crippen molar-refractivity contribution >= 4 is 22.5 Å². The number of nitrogens with one attached hydrogen (secondary N) is 1. The molecule has 106 valence electrons. The third-order valence-corrected chi connectivity index (χ3v) is 4.85. The van der Waals surface area contributed by atoms with E-state index in [0.29, 0.717) is 6.04 Å². The van der Waals surface area contributed by atoms with Crippen molar-refractivity contribution in [1.82, 2.24) is 10.3 Å². The Morgan fingerprint density at radius 2 is 2.10 bits per heavy atom. The Bertz CT molecular complexity index is 591. The second-order valence-electron chi connectivity index (χ2n) is 5.82. The van der Waals surface area contributed by atoms with Crippen molar-refractivity contribution in [3.8, 4) is 0 Å². The molecule has 0 spiro atoms. The highest BCUT2D eigenvalue weighted by atomic mass is 35.5. The SMILES string of the molecule is CC(NCc1ccc(Cl)c2cccnc12)C1CCCC1. The van der Waals surface area contributed by atoms with E-state index >= 15 is 0 Å². The standard InChI is InChI=1S/C17H21ClN2/c1-12(13-5-2-3-6-13)20-11-14-8-9-16(18)15-7-4-10-19-17(14)15/h4,7-10,12-13,20H,2-3,5-6,11H2,1H3. The fourth-order valence-corrected chi connectivity index (χ4v) is 3.45. The molecule has 1 atom stereocenters. The lowest BCUT2D eigenvalue weighted by Crippen LogP contribution is -2.31. The molecule has 1 aliphatic rings. The molecule has 20 heavy (non-hydrogen) atoms. The van der Waals surface area contributed by atoms with Crippen LogP contribution in [0.3, 0.4) is 0 Å². The van der Waals surface area contributed by atoms with E-state index in [0.717, 1.165) is 28.4 Å². The molecule has 2 aromatic rings. The van der Waals surface area contributed by atoms with Crippen molar-refractivity contribution < 1.29 is 0 Å². The summed E-state index contributed by atoms with van der Waals surface area (Å²) in [4.78, 5) is 4.49. The zero-order valence-electron chi connectivity index (χ0n) is 11.9. The van der Waals surface area contributed by atoms with E-state index in [4.69, 9.17) is 11.6 Å². The summed E-state index contributed by atoms with van der Waals surface area (Å²) in [7, 11) is 0. The van der Waals surface area contributed by atoms with Crippen LogP contribution in [0.2, 0.25) is 5.02 Å². The van der Waals surface area contributed by atoms with Crippen molar-refractivity contribution in [2.75, 3.05) is 0 Å². The molecule has 1 aromatic heterocycles. The molecule has 1 aromatic carbocycles. The van der Waals surface area contributed by atoms with E-state index in [9.17, 15) is 0 Å². The van der Waals surface area contributed by atoms with Gasteiger partial charge in [-0.15, -0.1) is 0 Å². The number of aromatic nitrogens is 1. The summed E-state index contributed by atoms with van der Waals surface area (Å²) in [6, 6.07) is 8.61. The first kappa shape index (κ1) is 13.8. The zero-order valence-corrected chi connectivity index (χ0v) is 12.7. The number of hydrogen-bond acceptors (Lipinski definition) is 2. The van der Waals surface area contributed by atoms with Crippen LogP contribution in [0.25, 0.3) is 10.9 Å². The Hall–Kier alpha value is -1.12. The summed E-state index contributed by atoms with van der Waals surface area (Å²) < 4.78 is 0. The Labute approximate surface area is 125 Å². The van der Waals surface area contributed by atoms with Crippen LogP contribution >= 0.6 is 11.6 Å². The smallest absolute Gasteiger partial charge is 0.0761 e. The number of hydrogen-bond donors (Lipinski definition) is 1. The van der Waals surface area contributed by atoms with E-state index in [1.54, 1.807) is 0 Å². The lowest BCUT2D eigenvalue weighted by atomic mass is 9.99. The van der Waals surface area contributed by atoms with Crippen LogP contribution < -0.4 is 5.32 Å². The van der Waals surface area contributed by atoms with Crippen LogP contribution in [0.15, 0.2) is 30.5 Å². The van der Waals surface area contributed by atoms with Crippen LogP contribution in [-0.2, 0) is 6.54 Å². The monoisotopic (exact) mass is 288 g/mol. The fourth-order valence-electron chi connectivity index (χ4n) is 3.23. The van der Waals surface area contributed by atoms with Gasteiger partial charge in [0.2, 0.25) is 0 Å². The summed E-state index contributed by atoms with van der Waals surface area (Å²) in [5, 5.41) is 5.49. The first-order chi connectivity index (χ1) is 9.75. The van der Waals surface area contributed by atoms with Gasteiger partial charge >= 0.3 is 0 Å². The third-order valence-electron chi connectivity index (χ3n) is 4.52. The number of fused-ring (bicyclic) bond motifs is 1. The molecule has 1 fully saturated rings. The van der Waals surface area contributed by atoms with Gasteiger partial charge in [0.25, 0.3) is 0 Å². The van der Waals surface area contributed by atoms with Crippen LogP contribution in [0.4, 0.5) is 0 Å². The van der Waals surface area contributed by atoms with Gasteiger partial charge < -0.3 is 5.32 Å². The van der Waals surface area contributed by atoms with Crippen molar-refractivity contribution in [1.29, 1.82) is 0 Å². The van der Waals surface area contributed by atoms with E-state index < -0.39 is 0 Å². The van der Waals surface area contributed by atoms with E-state index in [2.05, 4.69) is 23.3 Å². The van der Waals surface area contributed by atoms with Gasteiger partial charge in [0.1, 0.15) is 0 Å². The molecule has 2 nitrogen and oxygen atoms in total. The van der Waals surface area contributed by atoms with Gasteiger partial charge in [-0.3, -0.25) is 4.98 Å². The highest BCUT2D eigenvalue weighted by Crippen LogP contribution is 2.28. The molecular formula is C17H21ClN2. The highest BCUT2D eigenvalue weighted by Gasteiger charge is 2.21. The van der Waals surface area contributed by atoms with Gasteiger partial charge in [-0.25, -0.2) is 0 Å². The molecule has 0 amide bonds. The maximum Gasteiger partial charge on any atom is 0.0761 e. The minimum atomic E-state index is 0.576. The van der Waals surface area contributed by atoms with Crippen LogP contribution in [-0.4, -0.2) is 11.0 Å². The minimum absolute atomic E-state index is 0.576. The molecule has 0 bridgehead atoms. The van der Waals surface area contributed by atoms with Crippen molar-refractivity contribution in [2.45, 2.75) is 45.2 Å². The van der Waals surface area contributed by atoms with E-state index in [-0.39, 0.29) is 0 Å². The van der Waals surface area contributed by atoms with E-state index in [1.165, 1.54) is 31.2 Å². The van der Waals surface area contributed by atoms with Crippen molar-refractivity contribution in [3.05, 3.63) is 41.0 Å². The van der Waals surface area contributed by atoms with Crippen LogP contribution in [0.1, 0.15) is 38.2 Å².